The van der Waals surface area contributed by atoms with Crippen LogP contribution in [0.4, 0.5) is 0 Å². The van der Waals surface area contributed by atoms with Crippen molar-refractivity contribution >= 4 is 63.1 Å². The topological polar surface area (TPSA) is 125 Å². The Morgan fingerprint density at radius 1 is 0.955 bits per heavy atom. The van der Waals surface area contributed by atoms with Gasteiger partial charge in [-0.2, -0.15) is 5.10 Å². The highest BCUT2D eigenvalue weighted by molar-refractivity contribution is 9.10. The molecule has 0 spiro atoms. The zero-order chi connectivity index (χ0) is 32.1. The van der Waals surface area contributed by atoms with Crippen LogP contribution in [-0.4, -0.2) is 56.0 Å². The number of amides is 2. The number of nitrogens with zero attached hydrogens (tertiary/aromatic N) is 1. The monoisotopic (exact) mass is 707 g/mol. The van der Waals surface area contributed by atoms with Gasteiger partial charge in [0.25, 0.3) is 11.8 Å². The molecule has 2 atom stereocenters. The Kier molecular flexibility index (Phi) is 13.8. The maximum atomic E-state index is 13.2. The molecule has 0 radical (unpaired) electrons. The molecule has 0 unspecified atom stereocenters. The van der Waals surface area contributed by atoms with E-state index >= 15 is 0 Å². The smallest absolute Gasteiger partial charge is 0.344 e. The van der Waals surface area contributed by atoms with Crippen LogP contribution in [0.1, 0.15) is 31.9 Å². The van der Waals surface area contributed by atoms with Gasteiger partial charge in [-0.05, 0) is 78.2 Å². The molecular weight excluding hydrogens is 677 g/mol. The summed E-state index contributed by atoms with van der Waals surface area (Å²) < 4.78 is 22.4. The molecule has 2 N–H and O–H groups in total. The molecule has 0 heterocycles. The first-order valence-electron chi connectivity index (χ1n) is 13.6. The van der Waals surface area contributed by atoms with Crippen molar-refractivity contribution in [3.63, 3.8) is 0 Å². The molecule has 2 amide bonds. The second kappa shape index (κ2) is 17.5. The van der Waals surface area contributed by atoms with Gasteiger partial charge in [-0.15, -0.1) is 0 Å². The predicted octanol–water partition coefficient (Wildman–Crippen LogP) is 5.74. The summed E-state index contributed by atoms with van der Waals surface area (Å²) in [7, 11) is 0. The van der Waals surface area contributed by atoms with E-state index in [4.69, 9.17) is 42.1 Å². The number of hydrazone groups is 1. The third-order valence-corrected chi connectivity index (χ3v) is 6.96. The normalized spacial score (nSPS) is 12.2. The van der Waals surface area contributed by atoms with Crippen LogP contribution in [0.3, 0.4) is 0 Å². The largest absolute Gasteiger partial charge is 0.490 e. The van der Waals surface area contributed by atoms with Crippen LogP contribution in [-0.2, 0) is 25.5 Å². The molecular formula is C31H32BrCl2N3O7. The Hall–Kier alpha value is -3.80. The minimum Gasteiger partial charge on any atom is -0.490 e. The third kappa shape index (κ3) is 10.7. The highest BCUT2D eigenvalue weighted by Gasteiger charge is 2.25. The average molecular weight is 709 g/mol. The first-order chi connectivity index (χ1) is 21.1. The van der Waals surface area contributed by atoms with Crippen molar-refractivity contribution in [3.8, 4) is 17.2 Å². The third-order valence-electron chi connectivity index (χ3n) is 5.84. The molecule has 10 nitrogen and oxygen atoms in total. The van der Waals surface area contributed by atoms with Crippen molar-refractivity contribution in [1.82, 2.24) is 10.7 Å². The molecule has 3 aromatic carbocycles. The summed E-state index contributed by atoms with van der Waals surface area (Å²) in [4.78, 5) is 38.0. The van der Waals surface area contributed by atoms with Crippen LogP contribution in [0.25, 0.3) is 0 Å². The van der Waals surface area contributed by atoms with Gasteiger partial charge in [-0.1, -0.05) is 53.5 Å². The lowest BCUT2D eigenvalue weighted by atomic mass is 10.1. The second-order valence-electron chi connectivity index (χ2n) is 9.18. The molecule has 0 bridgehead atoms. The minimum absolute atomic E-state index is 0.203. The number of benzene rings is 3. The van der Waals surface area contributed by atoms with E-state index in [1.54, 1.807) is 45.0 Å². The van der Waals surface area contributed by atoms with Crippen LogP contribution in [0.15, 0.2) is 70.2 Å². The van der Waals surface area contributed by atoms with Crippen LogP contribution in [0, 0.1) is 0 Å². The fourth-order valence-electron chi connectivity index (χ4n) is 3.81. The Bertz CT molecular complexity index is 1470. The number of ether oxygens (including phenoxy) is 4. The zero-order valence-electron chi connectivity index (χ0n) is 24.3. The van der Waals surface area contributed by atoms with E-state index in [1.165, 1.54) is 12.3 Å². The van der Waals surface area contributed by atoms with E-state index in [2.05, 4.69) is 31.8 Å². The molecule has 0 fully saturated rings. The fraction of sp³-hybridized carbons (Fsp3) is 0.290. The maximum Gasteiger partial charge on any atom is 0.344 e. The predicted molar refractivity (Wildman–Crippen MR) is 172 cm³/mol. The Labute approximate surface area is 274 Å². The lowest BCUT2D eigenvalue weighted by Crippen LogP contribution is -2.50. The van der Waals surface area contributed by atoms with Gasteiger partial charge in [-0.25, -0.2) is 10.2 Å². The Morgan fingerprint density at radius 3 is 2.39 bits per heavy atom. The van der Waals surface area contributed by atoms with E-state index in [0.29, 0.717) is 33.2 Å². The van der Waals surface area contributed by atoms with Gasteiger partial charge in [0.2, 0.25) is 0 Å². The van der Waals surface area contributed by atoms with E-state index in [1.807, 2.05) is 30.3 Å². The summed E-state index contributed by atoms with van der Waals surface area (Å²) in [5.41, 5.74) is 3.88. The summed E-state index contributed by atoms with van der Waals surface area (Å²) in [5.74, 6) is -0.622. The number of nitrogens with one attached hydrogen (secondary N) is 2. The lowest BCUT2D eigenvalue weighted by molar-refractivity contribution is -0.145. The van der Waals surface area contributed by atoms with Gasteiger partial charge in [0.05, 0.1) is 28.9 Å². The molecule has 0 aliphatic heterocycles. The number of esters is 1. The van der Waals surface area contributed by atoms with Crippen LogP contribution < -0.4 is 25.0 Å². The number of halogens is 3. The van der Waals surface area contributed by atoms with Gasteiger partial charge < -0.3 is 24.3 Å². The molecule has 0 aromatic heterocycles. The molecule has 0 aliphatic rings. The van der Waals surface area contributed by atoms with E-state index in [-0.39, 0.29) is 30.4 Å². The quantitative estimate of drug-likeness (QED) is 0.117. The lowest BCUT2D eigenvalue weighted by Gasteiger charge is -2.21. The summed E-state index contributed by atoms with van der Waals surface area (Å²) in [5, 5.41) is 7.51. The van der Waals surface area contributed by atoms with Gasteiger partial charge in [0.1, 0.15) is 11.8 Å². The summed E-state index contributed by atoms with van der Waals surface area (Å²) >= 11 is 15.5. The minimum atomic E-state index is -0.974. The first-order valence-corrected chi connectivity index (χ1v) is 15.2. The summed E-state index contributed by atoms with van der Waals surface area (Å²) in [6, 6.07) is 16.3. The number of hydrogen-bond donors (Lipinski definition) is 2. The highest BCUT2D eigenvalue weighted by atomic mass is 79.9. The summed E-state index contributed by atoms with van der Waals surface area (Å²) in [6.07, 6.45) is 0.646. The van der Waals surface area contributed by atoms with Gasteiger partial charge in [0, 0.05) is 11.4 Å². The molecule has 0 aliphatic carbocycles. The van der Waals surface area contributed by atoms with Crippen molar-refractivity contribution in [2.24, 2.45) is 5.10 Å². The first kappa shape index (κ1) is 34.7. The number of carbonyl (C=O) groups excluding carboxylic acids is 3. The number of hydrogen-bond acceptors (Lipinski definition) is 8. The van der Waals surface area contributed by atoms with Crippen LogP contribution >= 0.6 is 39.1 Å². The second-order valence-corrected chi connectivity index (χ2v) is 10.9. The highest BCUT2D eigenvalue weighted by Crippen LogP contribution is 2.36. The van der Waals surface area contributed by atoms with E-state index in [9.17, 15) is 14.4 Å². The van der Waals surface area contributed by atoms with E-state index in [0.717, 1.165) is 5.56 Å². The van der Waals surface area contributed by atoms with Crippen molar-refractivity contribution < 1.29 is 33.3 Å². The molecule has 3 rings (SSSR count). The van der Waals surface area contributed by atoms with Gasteiger partial charge in [-0.3, -0.25) is 9.59 Å². The van der Waals surface area contributed by atoms with Crippen molar-refractivity contribution in [1.29, 1.82) is 0 Å². The van der Waals surface area contributed by atoms with Crippen molar-refractivity contribution in [3.05, 3.63) is 86.3 Å². The molecule has 0 saturated carbocycles. The zero-order valence-corrected chi connectivity index (χ0v) is 27.4. The van der Waals surface area contributed by atoms with Gasteiger partial charge in [0.15, 0.2) is 24.2 Å². The Morgan fingerprint density at radius 2 is 1.70 bits per heavy atom. The molecule has 0 saturated heterocycles. The van der Waals surface area contributed by atoms with E-state index < -0.39 is 29.9 Å². The Balaban J connectivity index is 1.72. The molecule has 13 heteroatoms. The molecule has 44 heavy (non-hydrogen) atoms. The maximum absolute atomic E-state index is 13.2. The van der Waals surface area contributed by atoms with Crippen molar-refractivity contribution in [2.75, 3.05) is 19.8 Å². The van der Waals surface area contributed by atoms with Crippen LogP contribution in [0.5, 0.6) is 17.2 Å². The standard InChI is InChI=1S/C31H32BrCl2N3O7/c1-4-41-27-15-21(13-23(32)29(27)43-18-28(38)42-5-2)17-35-37-31(40)25(14-20-9-7-6-8-10-20)36-30(39)19(3)44-26-12-11-22(33)16-24(26)34/h6-13,15-17,19,25H,4-5,14,18H2,1-3H3,(H,36,39)(H,37,40)/b35-17-/t19-,25+/m1/s1. The van der Waals surface area contributed by atoms with Crippen LogP contribution in [0.2, 0.25) is 10.0 Å². The molecule has 3 aromatic rings. The number of carbonyl (C=O) groups is 3. The average Bonchev–Trinajstić information content (AvgIpc) is 2.98. The number of rotatable bonds is 15. The SMILES string of the molecule is CCOC(=O)COc1c(Br)cc(/C=N\NC(=O)[C@H](Cc2ccccc2)NC(=O)[C@@H](C)Oc2ccc(Cl)cc2Cl)cc1OCC. The molecule has 234 valence electrons. The fourth-order valence-corrected chi connectivity index (χ4v) is 4.84. The van der Waals surface area contributed by atoms with Crippen molar-refractivity contribution in [2.45, 2.75) is 39.3 Å². The summed E-state index contributed by atoms with van der Waals surface area (Å²) in [6.45, 7) is 5.35. The van der Waals surface area contributed by atoms with Gasteiger partial charge >= 0.3 is 5.97 Å².